The number of carbonyl (C=O) groups excluding carboxylic acids is 2. The first-order chi connectivity index (χ1) is 14.7. The average molecular weight is 403 g/mol. The molecule has 1 atom stereocenters. The summed E-state index contributed by atoms with van der Waals surface area (Å²) in [4.78, 5) is 24.9. The number of rotatable bonds is 9. The molecular formula is C25H25NO4. The van der Waals surface area contributed by atoms with Gasteiger partial charge in [0.1, 0.15) is 5.75 Å². The van der Waals surface area contributed by atoms with Crippen LogP contribution in [0.4, 0.5) is 0 Å². The van der Waals surface area contributed by atoms with Crippen LogP contribution < -0.4 is 10.1 Å². The van der Waals surface area contributed by atoms with E-state index in [4.69, 9.17) is 9.47 Å². The van der Waals surface area contributed by atoms with Gasteiger partial charge in [-0.25, -0.2) is 4.79 Å². The Balaban J connectivity index is 1.60. The Morgan fingerprint density at radius 3 is 1.80 bits per heavy atom. The van der Waals surface area contributed by atoms with E-state index in [-0.39, 0.29) is 18.6 Å². The van der Waals surface area contributed by atoms with Crippen molar-refractivity contribution in [1.82, 2.24) is 5.32 Å². The van der Waals surface area contributed by atoms with Crippen LogP contribution in [0.1, 0.15) is 30.5 Å². The summed E-state index contributed by atoms with van der Waals surface area (Å²) >= 11 is 0. The Morgan fingerprint density at radius 2 is 1.30 bits per heavy atom. The second-order valence-corrected chi connectivity index (χ2v) is 6.76. The molecule has 0 spiro atoms. The highest BCUT2D eigenvalue weighted by atomic mass is 16.6. The average Bonchev–Trinajstić information content (AvgIpc) is 2.81. The van der Waals surface area contributed by atoms with Crippen molar-refractivity contribution in [2.24, 2.45) is 0 Å². The third kappa shape index (κ3) is 5.95. The maximum absolute atomic E-state index is 12.5. The molecule has 154 valence electrons. The van der Waals surface area contributed by atoms with Crippen molar-refractivity contribution in [3.8, 4) is 5.75 Å². The fourth-order valence-corrected chi connectivity index (χ4v) is 3.04. The molecule has 3 aromatic rings. The van der Waals surface area contributed by atoms with Crippen LogP contribution in [0.25, 0.3) is 0 Å². The lowest BCUT2D eigenvalue weighted by molar-refractivity contribution is -0.155. The molecule has 5 nitrogen and oxygen atoms in total. The summed E-state index contributed by atoms with van der Waals surface area (Å²) in [5, 5.41) is 2.95. The van der Waals surface area contributed by atoms with Gasteiger partial charge in [0.2, 0.25) is 0 Å². The Kier molecular flexibility index (Phi) is 7.61. The van der Waals surface area contributed by atoms with E-state index in [1.807, 2.05) is 85.8 Å². The Hall–Kier alpha value is -3.60. The van der Waals surface area contributed by atoms with E-state index in [1.165, 1.54) is 0 Å². The second kappa shape index (κ2) is 10.8. The van der Waals surface area contributed by atoms with Crippen molar-refractivity contribution in [2.45, 2.75) is 25.5 Å². The summed E-state index contributed by atoms with van der Waals surface area (Å²) < 4.78 is 10.9. The molecule has 3 aromatic carbocycles. The molecule has 0 bridgehead atoms. The third-order valence-electron chi connectivity index (χ3n) is 4.57. The van der Waals surface area contributed by atoms with E-state index in [2.05, 4.69) is 5.32 Å². The van der Waals surface area contributed by atoms with Gasteiger partial charge < -0.3 is 14.8 Å². The lowest BCUT2D eigenvalue weighted by atomic mass is 9.99. The number of hydrogen-bond donors (Lipinski definition) is 1. The normalized spacial score (nSPS) is 11.5. The molecule has 0 saturated heterocycles. The van der Waals surface area contributed by atoms with Crippen LogP contribution in [-0.4, -0.2) is 24.6 Å². The van der Waals surface area contributed by atoms with E-state index in [1.54, 1.807) is 12.1 Å². The number of hydrogen-bond acceptors (Lipinski definition) is 4. The number of para-hydroxylation sites is 1. The van der Waals surface area contributed by atoms with Crippen molar-refractivity contribution >= 4 is 11.9 Å². The van der Waals surface area contributed by atoms with Gasteiger partial charge in [0.05, 0.1) is 6.04 Å². The second-order valence-electron chi connectivity index (χ2n) is 6.76. The van der Waals surface area contributed by atoms with Crippen LogP contribution in [0, 0.1) is 0 Å². The Bertz CT molecular complexity index is 890. The molecular weight excluding hydrogens is 378 g/mol. The summed E-state index contributed by atoms with van der Waals surface area (Å²) in [6.45, 7) is 1.46. The summed E-state index contributed by atoms with van der Waals surface area (Å²) in [6.07, 6.45) is -0.328. The predicted molar refractivity (Wildman–Crippen MR) is 115 cm³/mol. The summed E-state index contributed by atoms with van der Waals surface area (Å²) in [6, 6.07) is 28.1. The maximum Gasteiger partial charge on any atom is 0.347 e. The standard InChI is InChI=1S/C25H25NO4/c1-2-22(30-21-16-10-5-11-17-21)25(28)29-18-23(27)26-24(19-12-6-3-7-13-19)20-14-8-4-9-15-20/h3-17,22,24H,2,18H2,1H3,(H,26,27)/t22-/m1/s1. The van der Waals surface area contributed by atoms with Gasteiger partial charge in [-0.2, -0.15) is 0 Å². The van der Waals surface area contributed by atoms with Crippen molar-refractivity contribution in [2.75, 3.05) is 6.61 Å². The molecule has 0 aliphatic heterocycles. The number of ether oxygens (including phenoxy) is 2. The first-order valence-electron chi connectivity index (χ1n) is 9.95. The molecule has 0 heterocycles. The smallest absolute Gasteiger partial charge is 0.347 e. The zero-order valence-electron chi connectivity index (χ0n) is 16.9. The Labute approximate surface area is 176 Å². The van der Waals surface area contributed by atoms with Gasteiger partial charge >= 0.3 is 5.97 Å². The maximum atomic E-state index is 12.5. The first-order valence-corrected chi connectivity index (χ1v) is 9.95. The van der Waals surface area contributed by atoms with E-state index in [0.29, 0.717) is 12.2 Å². The van der Waals surface area contributed by atoms with Gasteiger partial charge in [-0.3, -0.25) is 4.79 Å². The molecule has 1 amide bonds. The summed E-state index contributed by atoms with van der Waals surface area (Å²) in [5.74, 6) is -0.359. The zero-order chi connectivity index (χ0) is 21.2. The van der Waals surface area contributed by atoms with Crippen LogP contribution in [0.5, 0.6) is 5.75 Å². The molecule has 30 heavy (non-hydrogen) atoms. The summed E-state index contributed by atoms with van der Waals surface area (Å²) in [5.41, 5.74) is 1.89. The van der Waals surface area contributed by atoms with Gasteiger partial charge in [-0.05, 0) is 29.7 Å². The zero-order valence-corrected chi connectivity index (χ0v) is 16.9. The molecule has 0 fully saturated rings. The minimum absolute atomic E-state index is 0.332. The van der Waals surface area contributed by atoms with Crippen molar-refractivity contribution in [3.63, 3.8) is 0 Å². The molecule has 0 aromatic heterocycles. The molecule has 5 heteroatoms. The Morgan fingerprint density at radius 1 is 0.800 bits per heavy atom. The predicted octanol–water partition coefficient (Wildman–Crippen LogP) is 4.29. The van der Waals surface area contributed by atoms with E-state index in [9.17, 15) is 9.59 Å². The van der Waals surface area contributed by atoms with Gasteiger partial charge in [-0.15, -0.1) is 0 Å². The van der Waals surface area contributed by atoms with Crippen molar-refractivity contribution in [1.29, 1.82) is 0 Å². The first kappa shape index (κ1) is 21.1. The van der Waals surface area contributed by atoms with Crippen molar-refractivity contribution in [3.05, 3.63) is 102 Å². The quantitative estimate of drug-likeness (QED) is 0.541. The van der Waals surface area contributed by atoms with Crippen LogP contribution in [-0.2, 0) is 14.3 Å². The minimum Gasteiger partial charge on any atom is -0.479 e. The molecule has 0 aliphatic carbocycles. The molecule has 0 saturated carbocycles. The SMILES string of the molecule is CC[C@@H](Oc1ccccc1)C(=O)OCC(=O)NC(c1ccccc1)c1ccccc1. The van der Waals surface area contributed by atoms with Gasteiger partial charge in [-0.1, -0.05) is 85.8 Å². The molecule has 1 N–H and O–H groups in total. The number of nitrogens with one attached hydrogen (secondary N) is 1. The fourth-order valence-electron chi connectivity index (χ4n) is 3.04. The molecule has 0 unspecified atom stereocenters. The third-order valence-corrected chi connectivity index (χ3v) is 4.57. The minimum atomic E-state index is -0.765. The molecule has 0 radical (unpaired) electrons. The van der Waals surface area contributed by atoms with E-state index < -0.39 is 12.1 Å². The number of benzene rings is 3. The van der Waals surface area contributed by atoms with Crippen LogP contribution >= 0.6 is 0 Å². The van der Waals surface area contributed by atoms with Gasteiger partial charge in [0, 0.05) is 0 Å². The lowest BCUT2D eigenvalue weighted by Gasteiger charge is -2.20. The fraction of sp³-hybridized carbons (Fsp3) is 0.200. The van der Waals surface area contributed by atoms with Gasteiger partial charge in [0.25, 0.3) is 5.91 Å². The monoisotopic (exact) mass is 403 g/mol. The highest BCUT2D eigenvalue weighted by molar-refractivity contribution is 5.82. The lowest BCUT2D eigenvalue weighted by Crippen LogP contribution is -2.36. The highest BCUT2D eigenvalue weighted by Gasteiger charge is 2.22. The largest absolute Gasteiger partial charge is 0.479 e. The van der Waals surface area contributed by atoms with Crippen LogP contribution in [0.15, 0.2) is 91.0 Å². The number of amides is 1. The van der Waals surface area contributed by atoms with E-state index in [0.717, 1.165) is 11.1 Å². The molecule has 3 rings (SSSR count). The number of esters is 1. The topological polar surface area (TPSA) is 64.6 Å². The van der Waals surface area contributed by atoms with E-state index >= 15 is 0 Å². The highest BCUT2D eigenvalue weighted by Crippen LogP contribution is 2.21. The summed E-state index contributed by atoms with van der Waals surface area (Å²) in [7, 11) is 0. The molecule has 0 aliphatic rings. The van der Waals surface area contributed by atoms with Crippen molar-refractivity contribution < 1.29 is 19.1 Å². The van der Waals surface area contributed by atoms with Crippen LogP contribution in [0.2, 0.25) is 0 Å². The van der Waals surface area contributed by atoms with Gasteiger partial charge in [0.15, 0.2) is 12.7 Å². The van der Waals surface area contributed by atoms with Crippen LogP contribution in [0.3, 0.4) is 0 Å². The number of carbonyl (C=O) groups is 2.